The summed E-state index contributed by atoms with van der Waals surface area (Å²) < 4.78 is 66.2. The number of sulfonamides is 1. The second-order valence-corrected chi connectivity index (χ2v) is 10.2. The zero-order valence-electron chi connectivity index (χ0n) is 18.1. The fraction of sp³-hybridized carbons (Fsp3) is 0.409. The molecule has 0 radical (unpaired) electrons. The zero-order chi connectivity index (χ0) is 23.9. The normalized spacial score (nSPS) is 21.5. The molecule has 2 aromatic rings. The van der Waals surface area contributed by atoms with E-state index < -0.39 is 21.8 Å². The van der Waals surface area contributed by atoms with Crippen LogP contribution >= 0.6 is 0 Å². The second-order valence-electron chi connectivity index (χ2n) is 8.43. The number of aryl methyl sites for hydroxylation is 1. The highest BCUT2D eigenvalue weighted by Gasteiger charge is 2.55. The van der Waals surface area contributed by atoms with E-state index in [1.807, 2.05) is 19.9 Å². The Morgan fingerprint density at radius 3 is 2.34 bits per heavy atom. The Morgan fingerprint density at radius 2 is 1.81 bits per heavy atom. The van der Waals surface area contributed by atoms with Crippen LogP contribution in [0.3, 0.4) is 0 Å². The molecule has 2 N–H and O–H groups in total. The number of hydrogen-bond acceptors (Lipinski definition) is 4. The van der Waals surface area contributed by atoms with Crippen LogP contribution in [0.1, 0.15) is 43.0 Å². The highest BCUT2D eigenvalue weighted by atomic mass is 32.2. The summed E-state index contributed by atoms with van der Waals surface area (Å²) in [7, 11) is -3.39. The molecule has 1 fully saturated rings. The van der Waals surface area contributed by atoms with Gasteiger partial charge in [-0.15, -0.1) is 13.2 Å². The van der Waals surface area contributed by atoms with Crippen molar-refractivity contribution in [2.45, 2.75) is 45.0 Å². The monoisotopic (exact) mass is 470 g/mol. The number of benzene rings is 2. The van der Waals surface area contributed by atoms with Gasteiger partial charge in [-0.1, -0.05) is 31.2 Å². The first-order valence-corrected chi connectivity index (χ1v) is 11.8. The summed E-state index contributed by atoms with van der Waals surface area (Å²) in [5.74, 6) is -0.748. The lowest BCUT2D eigenvalue weighted by molar-refractivity contribution is -0.274. The lowest BCUT2D eigenvalue weighted by Gasteiger charge is -2.18. The minimum atomic E-state index is -4.75. The summed E-state index contributed by atoms with van der Waals surface area (Å²) in [6, 6.07) is 10.5. The van der Waals surface area contributed by atoms with Crippen molar-refractivity contribution in [2.24, 2.45) is 5.92 Å². The third kappa shape index (κ3) is 5.73. The van der Waals surface area contributed by atoms with Gasteiger partial charge in [0.1, 0.15) is 5.75 Å². The Hall–Kier alpha value is -2.75. The molecule has 32 heavy (non-hydrogen) atoms. The number of amides is 1. The van der Waals surface area contributed by atoms with Gasteiger partial charge in [0, 0.05) is 11.3 Å². The van der Waals surface area contributed by atoms with E-state index in [9.17, 15) is 26.4 Å². The van der Waals surface area contributed by atoms with Crippen LogP contribution in [0.4, 0.5) is 18.9 Å². The molecule has 3 rings (SSSR count). The number of nitrogens with one attached hydrogen (secondary N) is 2. The maximum Gasteiger partial charge on any atom is 0.573 e. The van der Waals surface area contributed by atoms with Crippen molar-refractivity contribution in [3.05, 3.63) is 59.2 Å². The van der Waals surface area contributed by atoms with E-state index in [-0.39, 0.29) is 23.6 Å². The molecule has 2 unspecified atom stereocenters. The Labute approximate surface area is 185 Å². The first kappa shape index (κ1) is 23.9. The predicted octanol–water partition coefficient (Wildman–Crippen LogP) is 4.42. The Morgan fingerprint density at radius 1 is 1.19 bits per heavy atom. The van der Waals surface area contributed by atoms with Gasteiger partial charge in [-0.3, -0.25) is 9.52 Å². The topological polar surface area (TPSA) is 84.5 Å². The largest absolute Gasteiger partial charge is 0.573 e. The van der Waals surface area contributed by atoms with Crippen LogP contribution in [-0.2, 0) is 20.2 Å². The van der Waals surface area contributed by atoms with Gasteiger partial charge in [0.15, 0.2) is 0 Å². The lowest BCUT2D eigenvalue weighted by Crippen LogP contribution is -2.30. The van der Waals surface area contributed by atoms with Crippen LogP contribution < -0.4 is 14.8 Å². The molecule has 0 aromatic heterocycles. The predicted molar refractivity (Wildman–Crippen MR) is 115 cm³/mol. The molecule has 1 aliphatic rings. The van der Waals surface area contributed by atoms with Crippen molar-refractivity contribution in [2.75, 3.05) is 11.0 Å². The molecule has 0 heterocycles. The molecule has 0 saturated heterocycles. The van der Waals surface area contributed by atoms with E-state index in [4.69, 9.17) is 0 Å². The van der Waals surface area contributed by atoms with Crippen molar-refractivity contribution >= 4 is 21.6 Å². The molecule has 10 heteroatoms. The van der Waals surface area contributed by atoms with Crippen molar-refractivity contribution in [1.29, 1.82) is 0 Å². The fourth-order valence-corrected chi connectivity index (χ4v) is 4.40. The van der Waals surface area contributed by atoms with Gasteiger partial charge in [-0.05, 0) is 55.2 Å². The molecule has 1 amide bonds. The lowest BCUT2D eigenvalue weighted by atomic mass is 9.95. The Kier molecular flexibility index (Phi) is 6.21. The fourth-order valence-electron chi connectivity index (χ4n) is 3.77. The molecule has 6 nitrogen and oxygen atoms in total. The molecule has 174 valence electrons. The highest BCUT2D eigenvalue weighted by molar-refractivity contribution is 7.92. The van der Waals surface area contributed by atoms with E-state index >= 15 is 0 Å². The number of alkyl halides is 3. The highest BCUT2D eigenvalue weighted by Crippen LogP contribution is 2.54. The van der Waals surface area contributed by atoms with Crippen molar-refractivity contribution < 1.29 is 31.1 Å². The van der Waals surface area contributed by atoms with Gasteiger partial charge in [0.25, 0.3) is 0 Å². The third-order valence-electron chi connectivity index (χ3n) is 5.71. The molecule has 2 aromatic carbocycles. The molecule has 0 aliphatic heterocycles. The minimum absolute atomic E-state index is 0.147. The summed E-state index contributed by atoms with van der Waals surface area (Å²) >= 11 is 0. The standard InChI is InChI=1S/C22H25F3N2O4S/c1-13-11-15(5-10-19(13)27-32(4,29)30)14(2)26-20(28)18-12-21(18,3)16-6-8-17(9-7-16)31-22(23,24)25/h5-11,14,18,27H,12H2,1-4H3,(H,26,28)/t14-,18?,21?/m1/s1. The number of anilines is 1. The first-order chi connectivity index (χ1) is 14.7. The number of carbonyl (C=O) groups is 1. The molecular weight excluding hydrogens is 445 g/mol. The maximum atomic E-state index is 12.8. The average molecular weight is 471 g/mol. The van der Waals surface area contributed by atoms with E-state index in [1.165, 1.54) is 12.1 Å². The first-order valence-electron chi connectivity index (χ1n) is 9.93. The van der Waals surface area contributed by atoms with Gasteiger partial charge in [0.2, 0.25) is 15.9 Å². The number of carbonyl (C=O) groups excluding carboxylic acids is 1. The SMILES string of the molecule is Cc1cc([C@@H](C)NC(=O)C2CC2(C)c2ccc(OC(F)(F)F)cc2)ccc1NS(C)(=O)=O. The third-order valence-corrected chi connectivity index (χ3v) is 6.30. The van der Waals surface area contributed by atoms with Crippen LogP contribution in [0.5, 0.6) is 5.75 Å². The van der Waals surface area contributed by atoms with Crippen LogP contribution in [-0.4, -0.2) is 26.9 Å². The minimum Gasteiger partial charge on any atom is -0.406 e. The summed E-state index contributed by atoms with van der Waals surface area (Å²) in [6.45, 7) is 5.51. The van der Waals surface area contributed by atoms with Crippen molar-refractivity contribution in [3.63, 3.8) is 0 Å². The van der Waals surface area contributed by atoms with Crippen molar-refractivity contribution in [1.82, 2.24) is 5.32 Å². The number of rotatable bonds is 7. The molecule has 0 bridgehead atoms. The summed E-state index contributed by atoms with van der Waals surface area (Å²) in [5.41, 5.74) is 2.34. The number of halogens is 3. The van der Waals surface area contributed by atoms with Gasteiger partial charge in [-0.25, -0.2) is 8.42 Å². The molecule has 3 atom stereocenters. The van der Waals surface area contributed by atoms with Crippen LogP contribution in [0.25, 0.3) is 0 Å². The van der Waals surface area contributed by atoms with Gasteiger partial charge >= 0.3 is 6.36 Å². The van der Waals surface area contributed by atoms with Crippen molar-refractivity contribution in [3.8, 4) is 5.75 Å². The van der Waals surface area contributed by atoms with Crippen LogP contribution in [0.2, 0.25) is 0 Å². The smallest absolute Gasteiger partial charge is 0.406 e. The van der Waals surface area contributed by atoms with Crippen LogP contribution in [0.15, 0.2) is 42.5 Å². The van der Waals surface area contributed by atoms with E-state index in [0.717, 1.165) is 22.9 Å². The quantitative estimate of drug-likeness (QED) is 0.628. The van der Waals surface area contributed by atoms with E-state index in [1.54, 1.807) is 31.2 Å². The maximum absolute atomic E-state index is 12.8. The Bertz CT molecular complexity index is 1120. The van der Waals surface area contributed by atoms with Crippen LogP contribution in [0, 0.1) is 12.8 Å². The zero-order valence-corrected chi connectivity index (χ0v) is 18.9. The average Bonchev–Trinajstić information content (AvgIpc) is 3.34. The molecule has 1 aliphatic carbocycles. The number of ether oxygens (including phenoxy) is 1. The second kappa shape index (κ2) is 8.31. The molecule has 0 spiro atoms. The molecular formula is C22H25F3N2O4S. The van der Waals surface area contributed by atoms with Gasteiger partial charge in [0.05, 0.1) is 18.0 Å². The molecule has 1 saturated carbocycles. The van der Waals surface area contributed by atoms with E-state index in [0.29, 0.717) is 12.1 Å². The van der Waals surface area contributed by atoms with E-state index in [2.05, 4.69) is 14.8 Å². The number of hydrogen-bond donors (Lipinski definition) is 2. The van der Waals surface area contributed by atoms with Gasteiger partial charge < -0.3 is 10.1 Å². The Balaban J connectivity index is 1.64. The summed E-state index contributed by atoms with van der Waals surface area (Å²) in [5, 5.41) is 2.97. The summed E-state index contributed by atoms with van der Waals surface area (Å²) in [4.78, 5) is 12.8. The van der Waals surface area contributed by atoms with Gasteiger partial charge in [-0.2, -0.15) is 0 Å². The summed E-state index contributed by atoms with van der Waals surface area (Å²) in [6.07, 6.45) is -3.09.